The topological polar surface area (TPSA) is 137 Å². The zero-order valence-corrected chi connectivity index (χ0v) is 11.3. The molecular weight excluding hydrogens is 278 g/mol. The largest absolute Gasteiger partial charge is 0.396 e. The first-order chi connectivity index (χ1) is 10.2. The molecule has 9 heteroatoms. The Morgan fingerprint density at radius 1 is 1.24 bits per heavy atom. The molecule has 2 aromatic rings. The molecule has 1 aliphatic rings. The number of nitrogens with one attached hydrogen (secondary N) is 1. The molecule has 4 N–H and O–H groups in total. The van der Waals surface area contributed by atoms with Crippen molar-refractivity contribution in [3.8, 4) is 0 Å². The number of H-pyrrole nitrogens is 1. The standard InChI is InChI=1S/C12H17N5O4/c18-2-6-1-9(8(4-20)7(6)3-19)17-11-10(15-16-17)12(21)14-5-13-11/h5-9,18-20H,1-4H2,(H,13,14,21)/t6-,7+,8-,9-/m1/s1. The summed E-state index contributed by atoms with van der Waals surface area (Å²) in [4.78, 5) is 18.2. The van der Waals surface area contributed by atoms with E-state index in [9.17, 15) is 20.1 Å². The molecule has 0 aliphatic heterocycles. The van der Waals surface area contributed by atoms with E-state index in [0.717, 1.165) is 0 Å². The van der Waals surface area contributed by atoms with Crippen LogP contribution in [0.2, 0.25) is 0 Å². The van der Waals surface area contributed by atoms with Gasteiger partial charge in [0.1, 0.15) is 0 Å². The van der Waals surface area contributed by atoms with Gasteiger partial charge in [0.05, 0.1) is 12.4 Å². The van der Waals surface area contributed by atoms with Crippen LogP contribution in [-0.2, 0) is 0 Å². The zero-order valence-electron chi connectivity index (χ0n) is 11.3. The van der Waals surface area contributed by atoms with Gasteiger partial charge in [0, 0.05) is 25.7 Å². The lowest BCUT2D eigenvalue weighted by Gasteiger charge is -2.22. The first kappa shape index (κ1) is 14.1. The highest BCUT2D eigenvalue weighted by molar-refractivity contribution is 5.67. The molecule has 0 amide bonds. The third-order valence-corrected chi connectivity index (χ3v) is 4.43. The van der Waals surface area contributed by atoms with Gasteiger partial charge in [0.15, 0.2) is 11.2 Å². The van der Waals surface area contributed by atoms with Gasteiger partial charge in [-0.2, -0.15) is 0 Å². The third kappa shape index (κ3) is 2.13. The van der Waals surface area contributed by atoms with Gasteiger partial charge in [-0.3, -0.25) is 4.79 Å². The highest BCUT2D eigenvalue weighted by atomic mass is 16.3. The van der Waals surface area contributed by atoms with Crippen LogP contribution >= 0.6 is 0 Å². The summed E-state index contributed by atoms with van der Waals surface area (Å²) in [5, 5.41) is 36.4. The molecule has 0 aromatic carbocycles. The summed E-state index contributed by atoms with van der Waals surface area (Å²) in [6, 6.07) is -0.261. The fourth-order valence-electron chi connectivity index (χ4n) is 3.33. The lowest BCUT2D eigenvalue weighted by Crippen LogP contribution is -2.27. The molecule has 1 saturated carbocycles. The lowest BCUT2D eigenvalue weighted by atomic mass is 9.90. The Morgan fingerprint density at radius 3 is 2.67 bits per heavy atom. The number of aliphatic hydroxyl groups is 3. The number of fused-ring (bicyclic) bond motifs is 1. The predicted octanol–water partition coefficient (Wildman–Crippen LogP) is -1.72. The number of aliphatic hydroxyl groups excluding tert-OH is 3. The van der Waals surface area contributed by atoms with Crippen molar-refractivity contribution < 1.29 is 15.3 Å². The second kappa shape index (κ2) is 5.51. The van der Waals surface area contributed by atoms with Gasteiger partial charge >= 0.3 is 0 Å². The molecule has 4 atom stereocenters. The second-order valence-corrected chi connectivity index (χ2v) is 5.38. The molecule has 0 spiro atoms. The van der Waals surface area contributed by atoms with Crippen molar-refractivity contribution >= 4 is 11.2 Å². The SMILES string of the molecule is O=c1[nH]cnc2c1nnn2[C@@H]1C[C@H](CO)[C@H](CO)[C@H]1CO. The maximum atomic E-state index is 11.7. The molecule has 114 valence electrons. The molecule has 0 unspecified atom stereocenters. The molecule has 21 heavy (non-hydrogen) atoms. The van der Waals surface area contributed by atoms with Gasteiger partial charge in [0.25, 0.3) is 5.56 Å². The minimum absolute atomic E-state index is 0.0706. The minimum atomic E-state index is -0.373. The highest BCUT2D eigenvalue weighted by Crippen LogP contribution is 2.44. The average Bonchev–Trinajstić information content (AvgIpc) is 3.07. The first-order valence-corrected chi connectivity index (χ1v) is 6.82. The Labute approximate surface area is 119 Å². The fourth-order valence-corrected chi connectivity index (χ4v) is 3.33. The van der Waals surface area contributed by atoms with Gasteiger partial charge in [-0.1, -0.05) is 5.21 Å². The number of aromatic nitrogens is 5. The van der Waals surface area contributed by atoms with E-state index in [2.05, 4.69) is 20.3 Å². The number of aromatic amines is 1. The number of rotatable bonds is 4. The van der Waals surface area contributed by atoms with E-state index in [4.69, 9.17) is 0 Å². The van der Waals surface area contributed by atoms with E-state index in [0.29, 0.717) is 12.1 Å². The van der Waals surface area contributed by atoms with Gasteiger partial charge in [-0.25, -0.2) is 9.67 Å². The van der Waals surface area contributed by atoms with E-state index in [1.165, 1.54) is 11.0 Å². The summed E-state index contributed by atoms with van der Waals surface area (Å²) < 4.78 is 1.52. The van der Waals surface area contributed by atoms with E-state index in [1.807, 2.05) is 0 Å². The molecular formula is C12H17N5O4. The van der Waals surface area contributed by atoms with Gasteiger partial charge in [-0.15, -0.1) is 5.10 Å². The number of hydrogen-bond acceptors (Lipinski definition) is 7. The molecule has 0 saturated heterocycles. The van der Waals surface area contributed by atoms with Crippen molar-refractivity contribution in [2.75, 3.05) is 19.8 Å². The monoisotopic (exact) mass is 295 g/mol. The molecule has 3 rings (SSSR count). The van der Waals surface area contributed by atoms with E-state index in [-0.39, 0.29) is 54.7 Å². The Bertz CT molecular complexity index is 684. The molecule has 2 aromatic heterocycles. The van der Waals surface area contributed by atoms with Crippen LogP contribution in [-0.4, -0.2) is 60.1 Å². The number of hydrogen-bond donors (Lipinski definition) is 4. The number of nitrogens with zero attached hydrogens (tertiary/aromatic N) is 4. The van der Waals surface area contributed by atoms with Gasteiger partial charge in [0.2, 0.25) is 0 Å². The molecule has 1 fully saturated rings. The molecule has 1 aliphatic carbocycles. The smallest absolute Gasteiger partial charge is 0.280 e. The minimum Gasteiger partial charge on any atom is -0.396 e. The summed E-state index contributed by atoms with van der Waals surface area (Å²) >= 11 is 0. The maximum absolute atomic E-state index is 11.7. The van der Waals surface area contributed by atoms with Crippen molar-refractivity contribution in [3.05, 3.63) is 16.7 Å². The normalized spacial score (nSPS) is 29.3. The first-order valence-electron chi connectivity index (χ1n) is 6.82. The van der Waals surface area contributed by atoms with Gasteiger partial charge < -0.3 is 20.3 Å². The van der Waals surface area contributed by atoms with Crippen molar-refractivity contribution in [3.63, 3.8) is 0 Å². The van der Waals surface area contributed by atoms with Crippen molar-refractivity contribution in [1.82, 2.24) is 25.0 Å². The summed E-state index contributed by atoms with van der Waals surface area (Å²) in [5.41, 5.74) is 0.113. The van der Waals surface area contributed by atoms with E-state index < -0.39 is 0 Å². The van der Waals surface area contributed by atoms with Crippen LogP contribution in [0.1, 0.15) is 12.5 Å². The van der Waals surface area contributed by atoms with E-state index >= 15 is 0 Å². The van der Waals surface area contributed by atoms with Crippen LogP contribution in [0.4, 0.5) is 0 Å². The van der Waals surface area contributed by atoms with Crippen molar-refractivity contribution in [1.29, 1.82) is 0 Å². The second-order valence-electron chi connectivity index (χ2n) is 5.38. The Morgan fingerprint density at radius 2 is 2.00 bits per heavy atom. The van der Waals surface area contributed by atoms with Gasteiger partial charge in [-0.05, 0) is 18.3 Å². The lowest BCUT2D eigenvalue weighted by molar-refractivity contribution is 0.0843. The maximum Gasteiger partial charge on any atom is 0.280 e. The summed E-state index contributed by atoms with van der Waals surface area (Å²) in [6.07, 6.45) is 1.82. The summed E-state index contributed by atoms with van der Waals surface area (Å²) in [7, 11) is 0. The Kier molecular flexibility index (Phi) is 3.70. The molecule has 0 bridgehead atoms. The molecule has 9 nitrogen and oxygen atoms in total. The van der Waals surface area contributed by atoms with Crippen LogP contribution in [0.15, 0.2) is 11.1 Å². The third-order valence-electron chi connectivity index (χ3n) is 4.43. The van der Waals surface area contributed by atoms with Crippen LogP contribution in [0.25, 0.3) is 11.2 Å². The molecule has 0 radical (unpaired) electrons. The highest BCUT2D eigenvalue weighted by Gasteiger charge is 2.44. The molecule has 2 heterocycles. The van der Waals surface area contributed by atoms with Crippen molar-refractivity contribution in [2.24, 2.45) is 17.8 Å². The fraction of sp³-hybridized carbons (Fsp3) is 0.667. The Hall–Kier alpha value is -1.84. The Balaban J connectivity index is 2.05. The van der Waals surface area contributed by atoms with Crippen LogP contribution in [0.3, 0.4) is 0 Å². The van der Waals surface area contributed by atoms with Crippen LogP contribution in [0.5, 0.6) is 0 Å². The zero-order chi connectivity index (χ0) is 15.0. The quantitative estimate of drug-likeness (QED) is 0.526. The van der Waals surface area contributed by atoms with Crippen molar-refractivity contribution in [2.45, 2.75) is 12.5 Å². The predicted molar refractivity (Wildman–Crippen MR) is 71.3 cm³/mol. The van der Waals surface area contributed by atoms with Crippen LogP contribution in [0, 0.1) is 17.8 Å². The summed E-state index contributed by atoms with van der Waals surface area (Å²) in [6.45, 7) is -0.330. The van der Waals surface area contributed by atoms with E-state index in [1.54, 1.807) is 0 Å². The van der Waals surface area contributed by atoms with Crippen LogP contribution < -0.4 is 5.56 Å². The average molecular weight is 295 g/mol. The summed E-state index contributed by atoms with van der Waals surface area (Å²) in [5.74, 6) is -0.609.